The smallest absolute Gasteiger partial charge is 0.280 e. The van der Waals surface area contributed by atoms with E-state index in [0.717, 1.165) is 16.7 Å². The molecule has 0 radical (unpaired) electrons. The summed E-state index contributed by atoms with van der Waals surface area (Å²) in [6.07, 6.45) is 0. The van der Waals surface area contributed by atoms with Crippen molar-refractivity contribution in [3.8, 4) is 11.1 Å². The van der Waals surface area contributed by atoms with Crippen LogP contribution < -0.4 is 11.5 Å². The number of guanidine groups is 1. The van der Waals surface area contributed by atoms with Crippen LogP contribution in [0.15, 0.2) is 53.5 Å². The third-order valence-corrected chi connectivity index (χ3v) is 2.80. The maximum atomic E-state index is 11.8. The van der Waals surface area contributed by atoms with E-state index in [1.54, 1.807) is 12.1 Å². The molecule has 0 aliphatic carbocycles. The molecule has 0 unspecified atom stereocenters. The summed E-state index contributed by atoms with van der Waals surface area (Å²) in [4.78, 5) is 15.3. The van der Waals surface area contributed by atoms with Gasteiger partial charge in [-0.15, -0.1) is 0 Å². The number of rotatable bonds is 2. The second kappa shape index (κ2) is 5.35. The first-order valence-corrected chi connectivity index (χ1v) is 5.88. The molecule has 2 aromatic carbocycles. The van der Waals surface area contributed by atoms with Gasteiger partial charge in [-0.3, -0.25) is 4.79 Å². The van der Waals surface area contributed by atoms with Crippen LogP contribution in [0.3, 0.4) is 0 Å². The minimum absolute atomic E-state index is 0.230. The third kappa shape index (κ3) is 2.98. The average Bonchev–Trinajstić information content (AvgIpc) is 2.38. The number of hydrogen-bond acceptors (Lipinski definition) is 1. The van der Waals surface area contributed by atoms with Gasteiger partial charge in [0.15, 0.2) is 5.96 Å². The summed E-state index contributed by atoms with van der Waals surface area (Å²) in [6, 6.07) is 15.2. The molecule has 0 saturated heterocycles. The fraction of sp³-hybridized carbons (Fsp3) is 0.0667. The lowest BCUT2D eigenvalue weighted by molar-refractivity contribution is 0.100. The molecule has 96 valence electrons. The van der Waals surface area contributed by atoms with Crippen LogP contribution in [0.2, 0.25) is 0 Å². The zero-order valence-corrected chi connectivity index (χ0v) is 10.6. The van der Waals surface area contributed by atoms with Crippen molar-refractivity contribution in [1.29, 1.82) is 0 Å². The number of nitrogens with zero attached hydrogens (tertiary/aromatic N) is 1. The molecule has 0 saturated carbocycles. The maximum absolute atomic E-state index is 11.8. The van der Waals surface area contributed by atoms with Crippen molar-refractivity contribution in [1.82, 2.24) is 0 Å². The van der Waals surface area contributed by atoms with Crippen LogP contribution in [0.25, 0.3) is 11.1 Å². The molecule has 0 bridgehead atoms. The van der Waals surface area contributed by atoms with Gasteiger partial charge in [0.05, 0.1) is 0 Å². The maximum Gasteiger partial charge on any atom is 0.280 e. The molecule has 0 atom stereocenters. The van der Waals surface area contributed by atoms with Gasteiger partial charge in [-0.25, -0.2) is 0 Å². The van der Waals surface area contributed by atoms with Crippen molar-refractivity contribution >= 4 is 11.9 Å². The number of aryl methyl sites for hydroxylation is 1. The summed E-state index contributed by atoms with van der Waals surface area (Å²) in [5.74, 6) is -0.665. The van der Waals surface area contributed by atoms with Crippen molar-refractivity contribution < 1.29 is 4.79 Å². The third-order valence-electron chi connectivity index (χ3n) is 2.80. The molecule has 2 aromatic rings. The first kappa shape index (κ1) is 12.8. The molecular weight excluding hydrogens is 238 g/mol. The Bertz CT molecular complexity index is 643. The Hall–Kier alpha value is -2.62. The van der Waals surface area contributed by atoms with Crippen molar-refractivity contribution in [2.75, 3.05) is 0 Å². The predicted molar refractivity (Wildman–Crippen MR) is 76.8 cm³/mol. The highest BCUT2D eigenvalue weighted by Crippen LogP contribution is 2.24. The Labute approximate surface area is 111 Å². The zero-order valence-electron chi connectivity index (χ0n) is 10.6. The van der Waals surface area contributed by atoms with Gasteiger partial charge < -0.3 is 11.5 Å². The number of aliphatic imine (C=N–C) groups is 1. The molecule has 4 N–H and O–H groups in total. The first-order valence-electron chi connectivity index (χ1n) is 5.88. The van der Waals surface area contributed by atoms with Crippen LogP contribution in [0.5, 0.6) is 0 Å². The number of hydrogen-bond donors (Lipinski definition) is 2. The number of carbonyl (C=O) groups excluding carboxylic acids is 1. The molecule has 1 amide bonds. The van der Waals surface area contributed by atoms with Gasteiger partial charge in [-0.1, -0.05) is 36.4 Å². The van der Waals surface area contributed by atoms with E-state index in [9.17, 15) is 4.79 Å². The molecule has 0 spiro atoms. The van der Waals surface area contributed by atoms with Gasteiger partial charge in [0, 0.05) is 5.56 Å². The highest BCUT2D eigenvalue weighted by Gasteiger charge is 2.07. The van der Waals surface area contributed by atoms with Crippen LogP contribution >= 0.6 is 0 Å². The monoisotopic (exact) mass is 253 g/mol. The molecule has 2 rings (SSSR count). The number of carbonyl (C=O) groups is 1. The van der Waals surface area contributed by atoms with Crippen LogP contribution in [0.4, 0.5) is 0 Å². The topological polar surface area (TPSA) is 81.5 Å². The van der Waals surface area contributed by atoms with E-state index >= 15 is 0 Å². The molecule has 0 heterocycles. The fourth-order valence-corrected chi connectivity index (χ4v) is 1.90. The van der Waals surface area contributed by atoms with Crippen LogP contribution in [-0.2, 0) is 0 Å². The van der Waals surface area contributed by atoms with E-state index in [4.69, 9.17) is 11.5 Å². The van der Waals surface area contributed by atoms with Gasteiger partial charge in [0.25, 0.3) is 5.91 Å². The van der Waals surface area contributed by atoms with E-state index in [0.29, 0.717) is 5.56 Å². The second-order valence-electron chi connectivity index (χ2n) is 4.24. The summed E-state index contributed by atoms with van der Waals surface area (Å²) >= 11 is 0. The molecule has 0 fully saturated rings. The van der Waals surface area contributed by atoms with E-state index in [2.05, 4.69) is 4.99 Å². The molecule has 0 aromatic heterocycles. The Balaban J connectivity index is 2.43. The van der Waals surface area contributed by atoms with Crippen molar-refractivity contribution in [2.24, 2.45) is 16.5 Å². The Kier molecular flexibility index (Phi) is 3.61. The largest absolute Gasteiger partial charge is 0.370 e. The summed E-state index contributed by atoms with van der Waals surface area (Å²) in [5.41, 5.74) is 14.1. The fourth-order valence-electron chi connectivity index (χ4n) is 1.90. The normalized spacial score (nSPS) is 9.95. The van der Waals surface area contributed by atoms with E-state index in [1.165, 1.54) is 0 Å². The van der Waals surface area contributed by atoms with Gasteiger partial charge in [0.1, 0.15) is 0 Å². The van der Waals surface area contributed by atoms with Crippen LogP contribution in [0.1, 0.15) is 15.9 Å². The Morgan fingerprint density at radius 1 is 1.05 bits per heavy atom. The zero-order chi connectivity index (χ0) is 13.8. The molecule has 0 aliphatic rings. The summed E-state index contributed by atoms with van der Waals surface area (Å²) in [7, 11) is 0. The lowest BCUT2D eigenvalue weighted by Crippen LogP contribution is -2.24. The Morgan fingerprint density at radius 2 is 1.79 bits per heavy atom. The number of benzene rings is 2. The second-order valence-corrected chi connectivity index (χ2v) is 4.24. The van der Waals surface area contributed by atoms with Crippen LogP contribution in [0, 0.1) is 6.92 Å². The first-order chi connectivity index (χ1) is 9.08. The summed E-state index contributed by atoms with van der Waals surface area (Å²) < 4.78 is 0. The highest BCUT2D eigenvalue weighted by atomic mass is 16.1. The van der Waals surface area contributed by atoms with Crippen molar-refractivity contribution in [3.63, 3.8) is 0 Å². The molecule has 19 heavy (non-hydrogen) atoms. The van der Waals surface area contributed by atoms with Crippen LogP contribution in [-0.4, -0.2) is 11.9 Å². The van der Waals surface area contributed by atoms with Gasteiger partial charge >= 0.3 is 0 Å². The molecular formula is C15H15N3O. The van der Waals surface area contributed by atoms with E-state index < -0.39 is 5.91 Å². The number of nitrogens with two attached hydrogens (primary N) is 2. The molecule has 4 heteroatoms. The molecule has 0 aliphatic heterocycles. The molecule has 4 nitrogen and oxygen atoms in total. The lowest BCUT2D eigenvalue weighted by Gasteiger charge is -2.06. The summed E-state index contributed by atoms with van der Waals surface area (Å²) in [5, 5.41) is 0. The predicted octanol–water partition coefficient (Wildman–Crippen LogP) is 2.08. The minimum atomic E-state index is -0.435. The SMILES string of the molecule is Cc1ccccc1-c1cccc(C(=O)N=C(N)N)c1. The van der Waals surface area contributed by atoms with Gasteiger partial charge in [0.2, 0.25) is 0 Å². The van der Waals surface area contributed by atoms with E-state index in [1.807, 2.05) is 43.3 Å². The highest BCUT2D eigenvalue weighted by molar-refractivity contribution is 6.02. The van der Waals surface area contributed by atoms with E-state index in [-0.39, 0.29) is 5.96 Å². The van der Waals surface area contributed by atoms with Gasteiger partial charge in [-0.05, 0) is 35.7 Å². The Morgan fingerprint density at radius 3 is 2.47 bits per heavy atom. The standard InChI is InChI=1S/C15H15N3O/c1-10-5-2-3-8-13(10)11-6-4-7-12(9-11)14(19)18-15(16)17/h2-9H,1H3,(H4,16,17,18,19). The summed E-state index contributed by atoms with van der Waals surface area (Å²) in [6.45, 7) is 2.03. The van der Waals surface area contributed by atoms with Crippen molar-refractivity contribution in [2.45, 2.75) is 6.92 Å². The van der Waals surface area contributed by atoms with Crippen molar-refractivity contribution in [3.05, 3.63) is 59.7 Å². The number of amides is 1. The lowest BCUT2D eigenvalue weighted by atomic mass is 9.99. The average molecular weight is 253 g/mol. The minimum Gasteiger partial charge on any atom is -0.370 e. The van der Waals surface area contributed by atoms with Gasteiger partial charge in [-0.2, -0.15) is 4.99 Å². The quantitative estimate of drug-likeness (QED) is 0.635.